The maximum absolute atomic E-state index is 3.90. The van der Waals surface area contributed by atoms with Crippen LogP contribution in [-0.2, 0) is 21.7 Å². The summed E-state index contributed by atoms with van der Waals surface area (Å²) in [6.45, 7) is 25.7. The summed E-state index contributed by atoms with van der Waals surface area (Å²) < 4.78 is 0. The van der Waals surface area contributed by atoms with Crippen molar-refractivity contribution in [3.63, 3.8) is 0 Å². The van der Waals surface area contributed by atoms with E-state index in [2.05, 4.69) is 99.3 Å². The van der Waals surface area contributed by atoms with E-state index >= 15 is 0 Å². The van der Waals surface area contributed by atoms with Crippen molar-refractivity contribution in [1.29, 1.82) is 0 Å². The number of allylic oxidation sites excluding steroid dienone is 8. The van der Waals surface area contributed by atoms with Crippen molar-refractivity contribution in [3.05, 3.63) is 82.3 Å². The fourth-order valence-corrected chi connectivity index (χ4v) is 3.76. The fraction of sp³-hybridized carbons (Fsp3) is 0.483. The average Bonchev–Trinajstić information content (AvgIpc) is 2.93. The Kier molecular flexibility index (Phi) is 10.9. The van der Waals surface area contributed by atoms with Gasteiger partial charge in [0.15, 0.2) is 0 Å². The summed E-state index contributed by atoms with van der Waals surface area (Å²) in [5.74, 6) is 0. The Balaban J connectivity index is 0.000000429. The van der Waals surface area contributed by atoms with Gasteiger partial charge in [-0.25, -0.2) is 11.1 Å². The first kappa shape index (κ1) is 29.6. The van der Waals surface area contributed by atoms with Gasteiger partial charge in [0.1, 0.15) is 0 Å². The largest absolute Gasteiger partial charge is 3.00 e. The third-order valence-corrected chi connectivity index (χ3v) is 6.60. The molecule has 0 aromatic heterocycles. The number of nitrogens with zero attached hydrogens (tertiary/aromatic N) is 1. The third kappa shape index (κ3) is 7.58. The van der Waals surface area contributed by atoms with Gasteiger partial charge in [-0.2, -0.15) is 40.8 Å². The van der Waals surface area contributed by atoms with Gasteiger partial charge in [-0.05, 0) is 14.1 Å². The second-order valence-corrected chi connectivity index (χ2v) is 9.77. The van der Waals surface area contributed by atoms with E-state index in [1.54, 1.807) is 0 Å². The molecule has 0 spiro atoms. The maximum Gasteiger partial charge on any atom is 3.00 e. The van der Waals surface area contributed by atoms with E-state index in [0.717, 1.165) is 5.56 Å². The molecule has 1 nitrogen and oxygen atoms in total. The molecular formula is C29H42NTi. The summed E-state index contributed by atoms with van der Waals surface area (Å²) in [6, 6.07) is 8.08. The van der Waals surface area contributed by atoms with E-state index in [-0.39, 0.29) is 32.5 Å². The van der Waals surface area contributed by atoms with Crippen LogP contribution in [-0.4, -0.2) is 14.1 Å². The molecule has 2 aliphatic carbocycles. The Labute approximate surface area is 208 Å². The fourth-order valence-electron chi connectivity index (χ4n) is 3.76. The molecule has 0 aliphatic heterocycles. The summed E-state index contributed by atoms with van der Waals surface area (Å²) in [5, 5.41) is 0. The molecule has 0 unspecified atom stereocenters. The first-order valence-corrected chi connectivity index (χ1v) is 10.8. The molecule has 1 aromatic rings. The zero-order valence-corrected chi connectivity index (χ0v) is 23.5. The summed E-state index contributed by atoms with van der Waals surface area (Å²) in [6.07, 6.45) is 6.87. The zero-order valence-electron chi connectivity index (χ0n) is 22.0. The van der Waals surface area contributed by atoms with Gasteiger partial charge in [0.2, 0.25) is 0 Å². The van der Waals surface area contributed by atoms with Crippen LogP contribution < -0.4 is 4.90 Å². The minimum atomic E-state index is 0. The van der Waals surface area contributed by atoms with Gasteiger partial charge in [-0.3, -0.25) is 12.2 Å². The van der Waals surface area contributed by atoms with E-state index in [1.165, 1.54) is 39.1 Å². The molecule has 0 amide bonds. The minimum absolute atomic E-state index is 0. The molecule has 0 saturated heterocycles. The number of para-hydroxylation sites is 1. The van der Waals surface area contributed by atoms with Gasteiger partial charge in [-0.1, -0.05) is 84.0 Å². The molecule has 0 bridgehead atoms. The van der Waals surface area contributed by atoms with Gasteiger partial charge in [0, 0.05) is 0 Å². The SMILES string of the molecule is CC1=[C-]C(C)(C)C(C)=C1C.CC1=[C-]C(C)(C)C(C)=C1C.[CH2-]c1ccccc1N(C)C.[Ti+3]. The van der Waals surface area contributed by atoms with Gasteiger partial charge in [0.25, 0.3) is 0 Å². The monoisotopic (exact) mass is 452 g/mol. The van der Waals surface area contributed by atoms with Crippen LogP contribution in [0.5, 0.6) is 0 Å². The zero-order chi connectivity index (χ0) is 23.4. The Hall–Kier alpha value is -1.44. The van der Waals surface area contributed by atoms with E-state index < -0.39 is 0 Å². The molecule has 0 heterocycles. The number of rotatable bonds is 1. The van der Waals surface area contributed by atoms with E-state index in [4.69, 9.17) is 0 Å². The Morgan fingerprint density at radius 3 is 1.23 bits per heavy atom. The maximum atomic E-state index is 3.90. The first-order chi connectivity index (χ1) is 13.6. The summed E-state index contributed by atoms with van der Waals surface area (Å²) >= 11 is 0. The molecule has 0 atom stereocenters. The standard InChI is InChI=1S/2C10H15.C9H12N.Ti/c2*1-7-6-10(4,5)9(3)8(7)2;1-8-6-4-5-7-9(8)10(2)3;/h2*1-5H3;4-7H,1H2,2-3H3;/q3*-1;+3. The molecule has 1 aromatic carbocycles. The van der Waals surface area contributed by atoms with E-state index in [0.29, 0.717) is 0 Å². The molecule has 2 heteroatoms. The number of hydrogen-bond acceptors (Lipinski definition) is 1. The second kappa shape index (κ2) is 11.4. The van der Waals surface area contributed by atoms with Crippen LogP contribution in [0.15, 0.2) is 57.7 Å². The van der Waals surface area contributed by atoms with Gasteiger partial charge >= 0.3 is 21.7 Å². The van der Waals surface area contributed by atoms with Crippen LogP contribution in [0.1, 0.15) is 74.8 Å². The molecule has 31 heavy (non-hydrogen) atoms. The van der Waals surface area contributed by atoms with Crippen molar-refractivity contribution < 1.29 is 21.7 Å². The molecule has 3 rings (SSSR count). The van der Waals surface area contributed by atoms with Crippen LogP contribution in [0, 0.1) is 29.9 Å². The van der Waals surface area contributed by atoms with Crippen molar-refractivity contribution in [1.82, 2.24) is 0 Å². The molecule has 1 radical (unpaired) electrons. The van der Waals surface area contributed by atoms with Crippen LogP contribution >= 0.6 is 0 Å². The van der Waals surface area contributed by atoms with Crippen LogP contribution in [0.4, 0.5) is 5.69 Å². The van der Waals surface area contributed by atoms with E-state index in [9.17, 15) is 0 Å². The van der Waals surface area contributed by atoms with Gasteiger partial charge in [0.05, 0.1) is 0 Å². The van der Waals surface area contributed by atoms with E-state index in [1.807, 2.05) is 32.3 Å². The molecule has 0 N–H and O–H groups in total. The second-order valence-electron chi connectivity index (χ2n) is 9.77. The Morgan fingerprint density at radius 1 is 0.710 bits per heavy atom. The normalized spacial score (nSPS) is 18.2. The molecule has 0 saturated carbocycles. The van der Waals surface area contributed by atoms with Crippen LogP contribution in [0.2, 0.25) is 0 Å². The predicted molar refractivity (Wildman–Crippen MR) is 134 cm³/mol. The third-order valence-electron chi connectivity index (χ3n) is 6.60. The van der Waals surface area contributed by atoms with Crippen LogP contribution in [0.3, 0.4) is 0 Å². The van der Waals surface area contributed by atoms with Crippen molar-refractivity contribution in [2.75, 3.05) is 19.0 Å². The van der Waals surface area contributed by atoms with Crippen molar-refractivity contribution >= 4 is 5.69 Å². The Morgan fingerprint density at radius 2 is 1.06 bits per heavy atom. The Bertz CT molecular complexity index is 839. The number of hydrogen-bond donors (Lipinski definition) is 0. The molecule has 0 fully saturated rings. The molecule has 2 aliphatic rings. The van der Waals surface area contributed by atoms with Gasteiger partial charge in [-0.15, -0.1) is 19.9 Å². The topological polar surface area (TPSA) is 3.24 Å². The minimum Gasteiger partial charge on any atom is -0.428 e. The first-order valence-electron chi connectivity index (χ1n) is 10.8. The smallest absolute Gasteiger partial charge is 0.428 e. The predicted octanol–water partition coefficient (Wildman–Crippen LogP) is 8.16. The number of benzene rings is 1. The summed E-state index contributed by atoms with van der Waals surface area (Å²) in [4.78, 5) is 2.06. The summed E-state index contributed by atoms with van der Waals surface area (Å²) in [5.41, 5.74) is 11.0. The molecular weight excluding hydrogens is 410 g/mol. The van der Waals surface area contributed by atoms with Gasteiger partial charge < -0.3 is 4.90 Å². The van der Waals surface area contributed by atoms with Crippen molar-refractivity contribution in [2.45, 2.75) is 69.2 Å². The number of anilines is 1. The average molecular weight is 453 g/mol. The van der Waals surface area contributed by atoms with Crippen molar-refractivity contribution in [3.8, 4) is 0 Å². The summed E-state index contributed by atoms with van der Waals surface area (Å²) in [7, 11) is 4.04. The van der Waals surface area contributed by atoms with Crippen molar-refractivity contribution in [2.24, 2.45) is 10.8 Å². The van der Waals surface area contributed by atoms with Crippen LogP contribution in [0.25, 0.3) is 0 Å². The quantitative estimate of drug-likeness (QED) is 0.307. The molecule has 167 valence electrons.